The van der Waals surface area contributed by atoms with Crippen LogP contribution in [0.15, 0.2) is 35.7 Å². The molecule has 0 aliphatic heterocycles. The van der Waals surface area contributed by atoms with Crippen LogP contribution in [-0.2, 0) is 6.54 Å². The van der Waals surface area contributed by atoms with Crippen molar-refractivity contribution in [1.82, 2.24) is 20.2 Å². The lowest BCUT2D eigenvalue weighted by atomic mass is 10.1. The molecule has 3 heterocycles. The number of hydrogen-bond acceptors (Lipinski definition) is 5. The molecular weight excluding hydrogens is 330 g/mol. The SMILES string of the molecule is Cc1nc(NCc2c(C)n[nH]c2C)c2c(-c3ccccc3)csc2n1. The van der Waals surface area contributed by atoms with Crippen LogP contribution in [0.2, 0.25) is 0 Å². The van der Waals surface area contributed by atoms with Crippen LogP contribution in [0.5, 0.6) is 0 Å². The molecule has 0 fully saturated rings. The van der Waals surface area contributed by atoms with Crippen LogP contribution in [0.4, 0.5) is 5.82 Å². The highest BCUT2D eigenvalue weighted by Gasteiger charge is 2.15. The molecule has 4 aromatic rings. The number of hydrogen-bond donors (Lipinski definition) is 2. The first-order chi connectivity index (χ1) is 12.1. The Bertz CT molecular complexity index is 1010. The van der Waals surface area contributed by atoms with Gasteiger partial charge in [0.25, 0.3) is 0 Å². The monoisotopic (exact) mass is 349 g/mol. The number of benzene rings is 1. The van der Waals surface area contributed by atoms with Crippen molar-refractivity contribution in [2.45, 2.75) is 27.3 Å². The van der Waals surface area contributed by atoms with Crippen molar-refractivity contribution in [2.24, 2.45) is 0 Å². The second-order valence-corrected chi connectivity index (χ2v) is 6.94. The van der Waals surface area contributed by atoms with Crippen LogP contribution in [0.25, 0.3) is 21.3 Å². The lowest BCUT2D eigenvalue weighted by Crippen LogP contribution is -2.05. The van der Waals surface area contributed by atoms with Gasteiger partial charge in [0.1, 0.15) is 16.5 Å². The van der Waals surface area contributed by atoms with E-state index in [-0.39, 0.29) is 0 Å². The minimum absolute atomic E-state index is 0.684. The lowest BCUT2D eigenvalue weighted by Gasteiger charge is -2.10. The molecule has 6 heteroatoms. The van der Waals surface area contributed by atoms with Crippen LogP contribution in [0.1, 0.15) is 22.8 Å². The molecule has 3 aromatic heterocycles. The fraction of sp³-hybridized carbons (Fsp3) is 0.211. The molecule has 0 radical (unpaired) electrons. The fourth-order valence-corrected chi connectivity index (χ4v) is 4.01. The molecule has 5 nitrogen and oxygen atoms in total. The van der Waals surface area contributed by atoms with E-state index in [1.165, 1.54) is 16.7 Å². The molecule has 2 N–H and O–H groups in total. The molecule has 0 spiro atoms. The van der Waals surface area contributed by atoms with Crippen molar-refractivity contribution in [3.8, 4) is 11.1 Å². The van der Waals surface area contributed by atoms with Crippen LogP contribution in [0, 0.1) is 20.8 Å². The average molecular weight is 349 g/mol. The van der Waals surface area contributed by atoms with Gasteiger partial charge in [0.2, 0.25) is 0 Å². The summed E-state index contributed by atoms with van der Waals surface area (Å²) in [6.45, 7) is 6.67. The fourth-order valence-electron chi connectivity index (χ4n) is 3.01. The predicted octanol–water partition coefficient (Wildman–Crippen LogP) is 4.62. The lowest BCUT2D eigenvalue weighted by molar-refractivity contribution is 1.02. The third kappa shape index (κ3) is 2.89. The minimum atomic E-state index is 0.684. The molecule has 0 unspecified atom stereocenters. The summed E-state index contributed by atoms with van der Waals surface area (Å²) in [5.74, 6) is 1.65. The van der Waals surface area contributed by atoms with Crippen molar-refractivity contribution in [2.75, 3.05) is 5.32 Å². The van der Waals surface area contributed by atoms with E-state index in [0.717, 1.165) is 33.2 Å². The summed E-state index contributed by atoms with van der Waals surface area (Å²) in [4.78, 5) is 10.3. The molecule has 4 rings (SSSR count). The van der Waals surface area contributed by atoms with Gasteiger partial charge in [-0.05, 0) is 26.3 Å². The molecule has 0 aliphatic rings. The van der Waals surface area contributed by atoms with Crippen molar-refractivity contribution in [1.29, 1.82) is 0 Å². The molecule has 1 aromatic carbocycles. The van der Waals surface area contributed by atoms with Gasteiger partial charge in [-0.25, -0.2) is 9.97 Å². The van der Waals surface area contributed by atoms with E-state index in [1.807, 2.05) is 26.8 Å². The van der Waals surface area contributed by atoms with Gasteiger partial charge in [-0.1, -0.05) is 30.3 Å². The van der Waals surface area contributed by atoms with E-state index in [1.54, 1.807) is 11.3 Å². The highest BCUT2D eigenvalue weighted by molar-refractivity contribution is 7.17. The average Bonchev–Trinajstić information content (AvgIpc) is 3.17. The number of aryl methyl sites for hydroxylation is 3. The van der Waals surface area contributed by atoms with Gasteiger partial charge in [0.15, 0.2) is 0 Å². The number of thiophene rings is 1. The summed E-state index contributed by atoms with van der Waals surface area (Å²) in [6, 6.07) is 10.4. The van der Waals surface area contributed by atoms with Gasteiger partial charge < -0.3 is 5.32 Å². The van der Waals surface area contributed by atoms with Gasteiger partial charge in [0.05, 0.1) is 11.1 Å². The highest BCUT2D eigenvalue weighted by atomic mass is 32.1. The molecule has 0 bridgehead atoms. The molecule has 0 saturated carbocycles. The first kappa shape index (κ1) is 15.8. The molecular formula is C19H19N5S. The second kappa shape index (κ2) is 6.29. The Kier molecular flexibility index (Phi) is 3.97. The van der Waals surface area contributed by atoms with E-state index < -0.39 is 0 Å². The summed E-state index contributed by atoms with van der Waals surface area (Å²) in [5, 5.41) is 14.0. The number of aromatic amines is 1. The molecule has 0 aliphatic carbocycles. The first-order valence-electron chi connectivity index (χ1n) is 8.19. The van der Waals surface area contributed by atoms with E-state index in [4.69, 9.17) is 0 Å². The summed E-state index contributed by atoms with van der Waals surface area (Å²) in [5.41, 5.74) is 5.63. The Labute approximate surface area is 150 Å². The Balaban J connectivity index is 1.78. The number of anilines is 1. The normalized spacial score (nSPS) is 11.2. The van der Waals surface area contributed by atoms with Gasteiger partial charge in [-0.15, -0.1) is 11.3 Å². The third-order valence-corrected chi connectivity index (χ3v) is 5.22. The summed E-state index contributed by atoms with van der Waals surface area (Å²) in [6.07, 6.45) is 0. The standard InChI is InChI=1S/C19H19N5S/c1-11-15(12(2)24-23-11)9-20-18-17-16(14-7-5-4-6-8-14)10-25-19(17)22-13(3)21-18/h4-8,10H,9H2,1-3H3,(H,23,24)(H,20,21,22). The zero-order valence-electron chi connectivity index (χ0n) is 14.4. The van der Waals surface area contributed by atoms with Gasteiger partial charge in [-0.3, -0.25) is 5.10 Å². The quantitative estimate of drug-likeness (QED) is 0.564. The Morgan fingerprint density at radius 1 is 1.08 bits per heavy atom. The Morgan fingerprint density at radius 3 is 2.60 bits per heavy atom. The van der Waals surface area contributed by atoms with E-state index in [2.05, 4.69) is 55.1 Å². The Hall–Kier alpha value is -2.73. The van der Waals surface area contributed by atoms with Gasteiger partial charge in [-0.2, -0.15) is 5.10 Å². The van der Waals surface area contributed by atoms with Crippen LogP contribution >= 0.6 is 11.3 Å². The maximum atomic E-state index is 4.67. The maximum absolute atomic E-state index is 4.67. The summed E-state index contributed by atoms with van der Waals surface area (Å²) < 4.78 is 0. The second-order valence-electron chi connectivity index (χ2n) is 6.08. The minimum Gasteiger partial charge on any atom is -0.365 e. The Morgan fingerprint density at radius 2 is 1.88 bits per heavy atom. The van der Waals surface area contributed by atoms with Crippen molar-refractivity contribution in [3.63, 3.8) is 0 Å². The number of H-pyrrole nitrogens is 1. The maximum Gasteiger partial charge on any atom is 0.139 e. The molecule has 0 saturated heterocycles. The molecule has 126 valence electrons. The zero-order chi connectivity index (χ0) is 17.4. The van der Waals surface area contributed by atoms with E-state index in [0.29, 0.717) is 6.54 Å². The number of rotatable bonds is 4. The van der Waals surface area contributed by atoms with Crippen LogP contribution in [0.3, 0.4) is 0 Å². The number of fused-ring (bicyclic) bond motifs is 1. The molecule has 0 amide bonds. The molecule has 0 atom stereocenters. The number of nitrogens with zero attached hydrogens (tertiary/aromatic N) is 3. The summed E-state index contributed by atoms with van der Waals surface area (Å²) >= 11 is 1.66. The number of aromatic nitrogens is 4. The predicted molar refractivity (Wildman–Crippen MR) is 103 cm³/mol. The smallest absolute Gasteiger partial charge is 0.139 e. The largest absolute Gasteiger partial charge is 0.365 e. The van der Waals surface area contributed by atoms with Crippen molar-refractivity contribution < 1.29 is 0 Å². The van der Waals surface area contributed by atoms with Crippen molar-refractivity contribution >= 4 is 27.4 Å². The van der Waals surface area contributed by atoms with Crippen molar-refractivity contribution in [3.05, 3.63) is 58.5 Å². The first-order valence-corrected chi connectivity index (χ1v) is 9.07. The van der Waals surface area contributed by atoms with Crippen LogP contribution < -0.4 is 5.32 Å². The highest BCUT2D eigenvalue weighted by Crippen LogP contribution is 2.37. The molecule has 25 heavy (non-hydrogen) atoms. The topological polar surface area (TPSA) is 66.5 Å². The van der Waals surface area contributed by atoms with E-state index in [9.17, 15) is 0 Å². The summed E-state index contributed by atoms with van der Waals surface area (Å²) in [7, 11) is 0. The third-order valence-electron chi connectivity index (χ3n) is 4.34. The number of nitrogens with one attached hydrogen (secondary N) is 2. The van der Waals surface area contributed by atoms with E-state index >= 15 is 0 Å². The zero-order valence-corrected chi connectivity index (χ0v) is 15.2. The van der Waals surface area contributed by atoms with Crippen LogP contribution in [-0.4, -0.2) is 20.2 Å². The van der Waals surface area contributed by atoms with Gasteiger partial charge >= 0.3 is 0 Å². The van der Waals surface area contributed by atoms with Gasteiger partial charge in [0, 0.05) is 28.7 Å².